The Bertz CT molecular complexity index is 292. The van der Waals surface area contributed by atoms with Crippen LogP contribution in [0.3, 0.4) is 0 Å². The average Bonchev–Trinajstić information content (AvgIpc) is 2.15. The van der Waals surface area contributed by atoms with Crippen molar-refractivity contribution in [1.82, 2.24) is 0 Å². The van der Waals surface area contributed by atoms with Gasteiger partial charge < -0.3 is 5.73 Å². The summed E-state index contributed by atoms with van der Waals surface area (Å²) in [6, 6.07) is 0. The summed E-state index contributed by atoms with van der Waals surface area (Å²) >= 11 is 0. The fourth-order valence-electron chi connectivity index (χ4n) is 4.22. The maximum Gasteiger partial charge on any atom is 0.0159 e. The molecule has 16 heavy (non-hydrogen) atoms. The van der Waals surface area contributed by atoms with Crippen molar-refractivity contribution < 1.29 is 0 Å². The van der Waals surface area contributed by atoms with E-state index >= 15 is 0 Å². The van der Waals surface area contributed by atoms with Gasteiger partial charge in [-0.2, -0.15) is 0 Å². The highest BCUT2D eigenvalue weighted by Crippen LogP contribution is 2.55. The van der Waals surface area contributed by atoms with E-state index in [0.29, 0.717) is 11.3 Å². The molecule has 0 bridgehead atoms. The molecule has 4 atom stereocenters. The van der Waals surface area contributed by atoms with Crippen molar-refractivity contribution in [3.05, 3.63) is 12.2 Å². The molecule has 2 N–H and O–H groups in total. The Hall–Kier alpha value is -0.300. The Labute approximate surface area is 100 Å². The Balaban J connectivity index is 2.21. The van der Waals surface area contributed by atoms with E-state index in [1.54, 1.807) is 0 Å². The molecule has 0 aromatic carbocycles. The monoisotopic (exact) mass is 221 g/mol. The molecule has 2 fully saturated rings. The van der Waals surface area contributed by atoms with Crippen LogP contribution in [0.4, 0.5) is 0 Å². The summed E-state index contributed by atoms with van der Waals surface area (Å²) in [5.41, 5.74) is 8.48. The van der Waals surface area contributed by atoms with Crippen LogP contribution in [-0.2, 0) is 0 Å². The molecule has 0 aromatic rings. The lowest BCUT2D eigenvalue weighted by atomic mass is 9.52. The summed E-state index contributed by atoms with van der Waals surface area (Å²) in [6.45, 7) is 11.1. The Morgan fingerprint density at radius 3 is 2.56 bits per heavy atom. The second kappa shape index (κ2) is 3.87. The number of fused-ring (bicyclic) bond motifs is 1. The van der Waals surface area contributed by atoms with Gasteiger partial charge in [0, 0.05) is 5.54 Å². The van der Waals surface area contributed by atoms with E-state index in [0.717, 1.165) is 5.92 Å². The molecule has 0 heterocycles. The zero-order chi connectivity index (χ0) is 12.0. The van der Waals surface area contributed by atoms with E-state index in [9.17, 15) is 0 Å². The predicted octanol–water partition coefficient (Wildman–Crippen LogP) is 3.89. The zero-order valence-corrected chi connectivity index (χ0v) is 11.2. The van der Waals surface area contributed by atoms with Gasteiger partial charge in [0.1, 0.15) is 0 Å². The van der Waals surface area contributed by atoms with Crippen molar-refractivity contribution in [3.8, 4) is 0 Å². The van der Waals surface area contributed by atoms with Crippen LogP contribution in [0.2, 0.25) is 0 Å². The first kappa shape index (κ1) is 12.2. The van der Waals surface area contributed by atoms with Crippen molar-refractivity contribution >= 4 is 0 Å². The molecule has 2 saturated carbocycles. The van der Waals surface area contributed by atoms with Crippen LogP contribution in [0.15, 0.2) is 12.2 Å². The van der Waals surface area contributed by atoms with Crippen LogP contribution in [0.5, 0.6) is 0 Å². The maximum atomic E-state index is 6.55. The van der Waals surface area contributed by atoms with Gasteiger partial charge in [-0.3, -0.25) is 0 Å². The molecule has 0 radical (unpaired) electrons. The third-order valence-electron chi connectivity index (χ3n) is 5.38. The summed E-state index contributed by atoms with van der Waals surface area (Å²) in [6.07, 6.45) is 7.86. The number of hydrogen-bond donors (Lipinski definition) is 1. The lowest BCUT2D eigenvalue weighted by Crippen LogP contribution is -2.56. The minimum absolute atomic E-state index is 0.0567. The predicted molar refractivity (Wildman–Crippen MR) is 70.2 cm³/mol. The summed E-state index contributed by atoms with van der Waals surface area (Å²) in [5.74, 6) is 1.42. The Morgan fingerprint density at radius 1 is 1.25 bits per heavy atom. The highest BCUT2D eigenvalue weighted by atomic mass is 14.8. The Morgan fingerprint density at radius 2 is 1.94 bits per heavy atom. The first-order chi connectivity index (χ1) is 7.35. The second-order valence-corrected chi connectivity index (χ2v) is 6.88. The van der Waals surface area contributed by atoms with E-state index in [4.69, 9.17) is 5.73 Å². The average molecular weight is 221 g/mol. The summed E-state index contributed by atoms with van der Waals surface area (Å²) in [4.78, 5) is 0. The molecule has 0 unspecified atom stereocenters. The topological polar surface area (TPSA) is 26.0 Å². The fourth-order valence-corrected chi connectivity index (χ4v) is 4.22. The quantitative estimate of drug-likeness (QED) is 0.668. The number of allylic oxidation sites excluding steroid dienone is 1. The van der Waals surface area contributed by atoms with E-state index in [2.05, 4.69) is 27.4 Å². The molecule has 0 amide bonds. The van der Waals surface area contributed by atoms with Crippen LogP contribution < -0.4 is 5.73 Å². The van der Waals surface area contributed by atoms with E-state index < -0.39 is 0 Å². The van der Waals surface area contributed by atoms with Gasteiger partial charge in [-0.05, 0) is 63.2 Å². The zero-order valence-electron chi connectivity index (χ0n) is 11.2. The van der Waals surface area contributed by atoms with Crippen molar-refractivity contribution in [3.63, 3.8) is 0 Å². The van der Waals surface area contributed by atoms with Gasteiger partial charge in [-0.1, -0.05) is 25.5 Å². The molecule has 0 spiro atoms. The van der Waals surface area contributed by atoms with Crippen LogP contribution in [0.1, 0.15) is 59.3 Å². The standard InChI is InChI=1S/C15H27N/c1-11(2)12-6-9-14(3)7-5-8-15(4,16)13(14)10-12/h12-13H,1,5-10,16H2,2-4H3/t12-,13+,14+,15-/m1/s1. The largest absolute Gasteiger partial charge is 0.325 e. The van der Waals surface area contributed by atoms with Crippen LogP contribution >= 0.6 is 0 Å². The van der Waals surface area contributed by atoms with E-state index in [1.807, 2.05) is 0 Å². The molecular weight excluding hydrogens is 194 g/mol. The third-order valence-corrected chi connectivity index (χ3v) is 5.38. The lowest BCUT2D eigenvalue weighted by Gasteiger charge is -2.55. The molecule has 2 aliphatic carbocycles. The van der Waals surface area contributed by atoms with Gasteiger partial charge in [-0.15, -0.1) is 0 Å². The van der Waals surface area contributed by atoms with E-state index in [-0.39, 0.29) is 5.54 Å². The Kier molecular flexibility index (Phi) is 2.94. The first-order valence-corrected chi connectivity index (χ1v) is 6.79. The minimum atomic E-state index is 0.0567. The van der Waals surface area contributed by atoms with Crippen LogP contribution in [0, 0.1) is 17.3 Å². The maximum absolute atomic E-state index is 6.55. The van der Waals surface area contributed by atoms with Crippen molar-refractivity contribution in [2.75, 3.05) is 0 Å². The molecule has 2 aliphatic rings. The normalized spacial score (nSPS) is 48.5. The molecule has 1 heteroatoms. The summed E-state index contributed by atoms with van der Waals surface area (Å²) < 4.78 is 0. The molecule has 0 aromatic heterocycles. The number of rotatable bonds is 1. The number of hydrogen-bond acceptors (Lipinski definition) is 1. The van der Waals surface area contributed by atoms with Crippen molar-refractivity contribution in [2.24, 2.45) is 23.0 Å². The summed E-state index contributed by atoms with van der Waals surface area (Å²) in [5, 5.41) is 0. The second-order valence-electron chi connectivity index (χ2n) is 6.88. The molecular formula is C15H27N. The molecule has 1 nitrogen and oxygen atoms in total. The van der Waals surface area contributed by atoms with Crippen molar-refractivity contribution in [2.45, 2.75) is 64.8 Å². The highest BCUT2D eigenvalue weighted by molar-refractivity contribution is 5.08. The van der Waals surface area contributed by atoms with Gasteiger partial charge in [0.25, 0.3) is 0 Å². The van der Waals surface area contributed by atoms with Gasteiger partial charge >= 0.3 is 0 Å². The summed E-state index contributed by atoms with van der Waals surface area (Å²) in [7, 11) is 0. The van der Waals surface area contributed by atoms with Crippen LogP contribution in [-0.4, -0.2) is 5.54 Å². The molecule has 92 valence electrons. The number of nitrogens with two attached hydrogens (primary N) is 1. The fraction of sp³-hybridized carbons (Fsp3) is 0.867. The van der Waals surface area contributed by atoms with E-state index in [1.165, 1.54) is 44.1 Å². The third kappa shape index (κ3) is 1.95. The van der Waals surface area contributed by atoms with Gasteiger partial charge in [0.15, 0.2) is 0 Å². The molecule has 0 aliphatic heterocycles. The molecule has 2 rings (SSSR count). The van der Waals surface area contributed by atoms with Crippen molar-refractivity contribution in [1.29, 1.82) is 0 Å². The highest BCUT2D eigenvalue weighted by Gasteiger charge is 2.49. The minimum Gasteiger partial charge on any atom is -0.325 e. The smallest absolute Gasteiger partial charge is 0.0159 e. The molecule has 0 saturated heterocycles. The van der Waals surface area contributed by atoms with Gasteiger partial charge in [0.05, 0.1) is 0 Å². The SMILES string of the molecule is C=C(C)[C@@H]1CC[C@]2(C)CCC[C@@](C)(N)[C@H]2C1. The lowest BCUT2D eigenvalue weighted by molar-refractivity contribution is -0.00848. The first-order valence-electron chi connectivity index (χ1n) is 6.79. The van der Waals surface area contributed by atoms with Crippen LogP contribution in [0.25, 0.3) is 0 Å². The van der Waals surface area contributed by atoms with Gasteiger partial charge in [0.2, 0.25) is 0 Å². The van der Waals surface area contributed by atoms with Gasteiger partial charge in [-0.25, -0.2) is 0 Å².